The van der Waals surface area contributed by atoms with E-state index < -0.39 is 0 Å². The van der Waals surface area contributed by atoms with Gasteiger partial charge >= 0.3 is 0 Å². The van der Waals surface area contributed by atoms with Crippen molar-refractivity contribution >= 4 is 40.5 Å². The highest BCUT2D eigenvalue weighted by Crippen LogP contribution is 2.38. The van der Waals surface area contributed by atoms with Crippen LogP contribution in [0.4, 0.5) is 5.69 Å². The number of amides is 1. The Morgan fingerprint density at radius 1 is 1.14 bits per heavy atom. The molecule has 0 unspecified atom stereocenters. The number of carbonyl (C=O) groups is 1. The molecular weight excluding hydrogens is 399 g/mol. The van der Waals surface area contributed by atoms with Crippen molar-refractivity contribution in [3.63, 3.8) is 0 Å². The second-order valence-corrected chi connectivity index (χ2v) is 8.07. The zero-order valence-electron chi connectivity index (χ0n) is 16.2. The molecule has 0 bridgehead atoms. The first-order chi connectivity index (χ1) is 13.2. The average molecular weight is 421 g/mol. The molecule has 0 radical (unpaired) electrons. The molecule has 0 aromatic heterocycles. The summed E-state index contributed by atoms with van der Waals surface area (Å²) in [6.45, 7) is 4.16. The van der Waals surface area contributed by atoms with Crippen LogP contribution in [-0.2, 0) is 11.2 Å². The number of hydrogen-bond acceptors (Lipinski definition) is 4. The highest BCUT2D eigenvalue weighted by Gasteiger charge is 2.29. The summed E-state index contributed by atoms with van der Waals surface area (Å²) in [5, 5.41) is 7.10. The lowest BCUT2D eigenvalue weighted by Gasteiger charge is -2.36. The number of halogens is 2. The van der Waals surface area contributed by atoms with E-state index in [1.807, 2.05) is 12.1 Å². The van der Waals surface area contributed by atoms with Crippen molar-refractivity contribution in [1.29, 1.82) is 0 Å². The van der Waals surface area contributed by atoms with Crippen molar-refractivity contribution in [3.8, 4) is 11.5 Å². The number of hydrogen-bond donors (Lipinski definition) is 2. The van der Waals surface area contributed by atoms with Gasteiger partial charge in [0.25, 0.3) is 5.91 Å². The Labute approximate surface area is 174 Å². The van der Waals surface area contributed by atoms with Gasteiger partial charge in [-0.2, -0.15) is 0 Å². The minimum absolute atomic E-state index is 0.226. The van der Waals surface area contributed by atoms with E-state index in [0.717, 1.165) is 17.5 Å². The van der Waals surface area contributed by atoms with Gasteiger partial charge in [-0.1, -0.05) is 23.2 Å². The Hall–Kier alpha value is -2.37. The number of nitrogens with one attached hydrogen (secondary N) is 2. The predicted molar refractivity (Wildman–Crippen MR) is 114 cm³/mol. The fraction of sp³-hybridized carbons (Fsp3) is 0.286. The molecule has 0 spiro atoms. The third-order valence-electron chi connectivity index (χ3n) is 4.47. The Kier molecular flexibility index (Phi) is 5.77. The van der Waals surface area contributed by atoms with Crippen LogP contribution in [-0.4, -0.2) is 25.7 Å². The number of anilines is 1. The predicted octanol–water partition coefficient (Wildman–Crippen LogP) is 4.91. The summed E-state index contributed by atoms with van der Waals surface area (Å²) in [6, 6.07) is 8.76. The number of fused-ring (bicyclic) bond motifs is 1. The van der Waals surface area contributed by atoms with Crippen molar-refractivity contribution in [3.05, 3.63) is 57.6 Å². The highest BCUT2D eigenvalue weighted by atomic mass is 35.5. The smallest absolute Gasteiger partial charge is 0.250 e. The van der Waals surface area contributed by atoms with E-state index in [1.165, 1.54) is 6.08 Å². The van der Waals surface area contributed by atoms with Gasteiger partial charge in [0.15, 0.2) is 11.5 Å². The van der Waals surface area contributed by atoms with Gasteiger partial charge in [0.1, 0.15) is 0 Å². The van der Waals surface area contributed by atoms with Gasteiger partial charge in [-0.3, -0.25) is 4.79 Å². The first-order valence-electron chi connectivity index (χ1n) is 8.73. The molecule has 0 saturated carbocycles. The number of rotatable bonds is 4. The molecule has 148 valence electrons. The maximum atomic E-state index is 12.6. The van der Waals surface area contributed by atoms with Gasteiger partial charge in [0.05, 0.1) is 24.9 Å². The van der Waals surface area contributed by atoms with Crippen LogP contribution in [0.1, 0.15) is 25.0 Å². The van der Waals surface area contributed by atoms with Crippen molar-refractivity contribution in [2.24, 2.45) is 0 Å². The topological polar surface area (TPSA) is 59.6 Å². The van der Waals surface area contributed by atoms with Crippen LogP contribution < -0.4 is 20.1 Å². The lowest BCUT2D eigenvalue weighted by Crippen LogP contribution is -2.44. The fourth-order valence-electron chi connectivity index (χ4n) is 3.27. The quantitative estimate of drug-likeness (QED) is 0.689. The zero-order chi connectivity index (χ0) is 20.5. The molecule has 2 aromatic carbocycles. The van der Waals surface area contributed by atoms with Crippen molar-refractivity contribution in [2.75, 3.05) is 19.5 Å². The van der Waals surface area contributed by atoms with E-state index in [0.29, 0.717) is 32.9 Å². The molecule has 1 heterocycles. The molecule has 3 rings (SSSR count). The van der Waals surface area contributed by atoms with E-state index in [-0.39, 0.29) is 11.4 Å². The molecule has 2 N–H and O–H groups in total. The minimum Gasteiger partial charge on any atom is -0.493 e. The lowest BCUT2D eigenvalue weighted by atomic mass is 9.85. The Balaban J connectivity index is 1.97. The van der Waals surface area contributed by atoms with Crippen LogP contribution in [0.15, 0.2) is 36.4 Å². The van der Waals surface area contributed by atoms with E-state index in [2.05, 4.69) is 24.5 Å². The molecule has 1 amide bonds. The summed E-state index contributed by atoms with van der Waals surface area (Å²) in [7, 11) is 3.19. The van der Waals surface area contributed by atoms with E-state index in [1.54, 1.807) is 32.4 Å². The van der Waals surface area contributed by atoms with Gasteiger partial charge in [-0.15, -0.1) is 0 Å². The SMILES string of the molecule is COc1cc2c(cc1OC)/C(=C\C(=O)Nc1ccc(Cl)cc1Cl)NC(C)(C)C2. The summed E-state index contributed by atoms with van der Waals surface area (Å²) in [5.41, 5.74) is 2.95. The van der Waals surface area contributed by atoms with Crippen LogP contribution in [0.3, 0.4) is 0 Å². The summed E-state index contributed by atoms with van der Waals surface area (Å²) >= 11 is 12.1. The third kappa shape index (κ3) is 4.37. The van der Waals surface area contributed by atoms with E-state index in [9.17, 15) is 4.79 Å². The molecule has 1 aliphatic rings. The molecule has 7 heteroatoms. The zero-order valence-corrected chi connectivity index (χ0v) is 17.7. The summed E-state index contributed by atoms with van der Waals surface area (Å²) in [5.74, 6) is 0.968. The Morgan fingerprint density at radius 2 is 1.82 bits per heavy atom. The minimum atomic E-state index is -0.301. The molecular formula is C21H22Cl2N2O3. The number of carbonyl (C=O) groups excluding carboxylic acids is 1. The van der Waals surface area contributed by atoms with Crippen LogP contribution in [0.25, 0.3) is 5.70 Å². The fourth-order valence-corrected chi connectivity index (χ4v) is 3.73. The molecule has 28 heavy (non-hydrogen) atoms. The average Bonchev–Trinajstić information content (AvgIpc) is 2.62. The second-order valence-electron chi connectivity index (χ2n) is 7.22. The molecule has 0 atom stereocenters. The van der Waals surface area contributed by atoms with Crippen molar-refractivity contribution < 1.29 is 14.3 Å². The van der Waals surface area contributed by atoms with Gasteiger partial charge in [0.2, 0.25) is 0 Å². The Bertz CT molecular complexity index is 955. The first kappa shape index (κ1) is 20.4. The van der Waals surface area contributed by atoms with E-state index >= 15 is 0 Å². The van der Waals surface area contributed by atoms with Crippen LogP contribution in [0, 0.1) is 0 Å². The van der Waals surface area contributed by atoms with Crippen LogP contribution in [0.5, 0.6) is 11.5 Å². The van der Waals surface area contributed by atoms with Gasteiger partial charge in [0, 0.05) is 27.9 Å². The molecule has 0 fully saturated rings. The third-order valence-corrected chi connectivity index (χ3v) is 5.02. The lowest BCUT2D eigenvalue weighted by molar-refractivity contribution is -0.111. The second kappa shape index (κ2) is 7.94. The molecule has 0 aliphatic carbocycles. The maximum absolute atomic E-state index is 12.6. The Morgan fingerprint density at radius 3 is 2.46 bits per heavy atom. The monoisotopic (exact) mass is 420 g/mol. The highest BCUT2D eigenvalue weighted by molar-refractivity contribution is 6.36. The van der Waals surface area contributed by atoms with Gasteiger partial charge in [-0.05, 0) is 56.2 Å². The van der Waals surface area contributed by atoms with Gasteiger partial charge < -0.3 is 20.1 Å². The standard InChI is InChI=1S/C21H22Cl2N2O3/c1-21(2)11-12-7-18(27-3)19(28-4)9-14(12)17(25-21)10-20(26)24-16-6-5-13(22)8-15(16)23/h5-10,25H,11H2,1-4H3,(H,24,26)/b17-10+. The molecule has 0 saturated heterocycles. The van der Waals surface area contributed by atoms with Crippen molar-refractivity contribution in [1.82, 2.24) is 5.32 Å². The normalized spacial score (nSPS) is 16.1. The van der Waals surface area contributed by atoms with Crippen LogP contribution >= 0.6 is 23.2 Å². The molecule has 1 aliphatic heterocycles. The molecule has 5 nitrogen and oxygen atoms in total. The largest absolute Gasteiger partial charge is 0.493 e. The number of ether oxygens (including phenoxy) is 2. The summed E-state index contributed by atoms with van der Waals surface area (Å²) < 4.78 is 10.8. The summed E-state index contributed by atoms with van der Waals surface area (Å²) in [6.07, 6.45) is 2.31. The van der Waals surface area contributed by atoms with Crippen molar-refractivity contribution in [2.45, 2.75) is 25.8 Å². The number of methoxy groups -OCH3 is 2. The first-order valence-corrected chi connectivity index (χ1v) is 9.49. The number of benzene rings is 2. The van der Waals surface area contributed by atoms with Crippen LogP contribution in [0.2, 0.25) is 10.0 Å². The van der Waals surface area contributed by atoms with Gasteiger partial charge in [-0.25, -0.2) is 0 Å². The molecule has 2 aromatic rings. The maximum Gasteiger partial charge on any atom is 0.250 e. The van der Waals surface area contributed by atoms with E-state index in [4.69, 9.17) is 32.7 Å². The summed E-state index contributed by atoms with van der Waals surface area (Å²) in [4.78, 5) is 12.6.